The van der Waals surface area contributed by atoms with Gasteiger partial charge in [-0.25, -0.2) is 0 Å². The minimum Gasteiger partial charge on any atom is -0.375 e. The maximum absolute atomic E-state index is 12.1. The van der Waals surface area contributed by atoms with E-state index in [0.29, 0.717) is 25.1 Å². The van der Waals surface area contributed by atoms with Crippen LogP contribution in [0.2, 0.25) is 0 Å². The molecule has 0 saturated heterocycles. The van der Waals surface area contributed by atoms with E-state index in [-0.39, 0.29) is 18.4 Å². The quantitative estimate of drug-likeness (QED) is 0.821. The summed E-state index contributed by atoms with van der Waals surface area (Å²) < 4.78 is 4.94. The number of nitrogens with one attached hydrogen (secondary N) is 1. The van der Waals surface area contributed by atoms with E-state index < -0.39 is 0 Å². The van der Waals surface area contributed by atoms with Crippen LogP contribution in [0, 0.1) is 0 Å². The Hall–Kier alpha value is -2.14. The number of hydrogen-bond donors (Lipinski definition) is 1. The third kappa shape index (κ3) is 3.95. The minimum atomic E-state index is -0.0569. The van der Waals surface area contributed by atoms with E-state index >= 15 is 0 Å². The summed E-state index contributed by atoms with van der Waals surface area (Å²) in [5.74, 6) is -0.107. The number of methoxy groups -OCH3 is 1. The summed E-state index contributed by atoms with van der Waals surface area (Å²) in [4.78, 5) is 25.7. The number of anilines is 2. The van der Waals surface area contributed by atoms with Crippen LogP contribution in [-0.2, 0) is 20.7 Å². The first-order valence-corrected chi connectivity index (χ1v) is 7.48. The molecule has 0 radical (unpaired) electrons. The molecule has 0 unspecified atom stereocenters. The summed E-state index contributed by atoms with van der Waals surface area (Å²) in [7, 11) is 1.51. The maximum atomic E-state index is 12.1. The zero-order valence-electron chi connectivity index (χ0n) is 12.9. The van der Waals surface area contributed by atoms with Crippen LogP contribution < -0.4 is 10.2 Å². The van der Waals surface area contributed by atoms with Gasteiger partial charge in [0.2, 0.25) is 5.91 Å². The molecule has 1 aromatic carbocycles. The molecule has 1 aliphatic heterocycles. The van der Waals surface area contributed by atoms with Crippen molar-refractivity contribution in [3.8, 4) is 0 Å². The van der Waals surface area contributed by atoms with E-state index in [1.54, 1.807) is 11.0 Å². The monoisotopic (exact) mass is 302 g/mol. The highest BCUT2D eigenvalue weighted by Gasteiger charge is 2.22. The fraction of sp³-hybridized carbons (Fsp3) is 0.412. The smallest absolute Gasteiger partial charge is 0.252 e. The van der Waals surface area contributed by atoms with Crippen LogP contribution in [0.3, 0.4) is 0 Å². The van der Waals surface area contributed by atoms with E-state index in [0.717, 1.165) is 24.1 Å². The predicted octanol–water partition coefficient (Wildman–Crippen LogP) is 2.52. The summed E-state index contributed by atoms with van der Waals surface area (Å²) in [5, 5.41) is 2.86. The Morgan fingerprint density at radius 2 is 2.27 bits per heavy atom. The summed E-state index contributed by atoms with van der Waals surface area (Å²) in [5.41, 5.74) is 2.71. The van der Waals surface area contributed by atoms with Gasteiger partial charge in [-0.15, -0.1) is 6.58 Å². The molecule has 0 bridgehead atoms. The Morgan fingerprint density at radius 3 is 3.00 bits per heavy atom. The van der Waals surface area contributed by atoms with Crippen molar-refractivity contribution in [2.24, 2.45) is 0 Å². The fourth-order valence-electron chi connectivity index (χ4n) is 2.57. The molecule has 1 heterocycles. The molecule has 5 heteroatoms. The van der Waals surface area contributed by atoms with E-state index in [1.165, 1.54) is 7.11 Å². The molecule has 0 atom stereocenters. The van der Waals surface area contributed by atoms with Crippen LogP contribution >= 0.6 is 0 Å². The first-order chi connectivity index (χ1) is 10.7. The average Bonchev–Trinajstić information content (AvgIpc) is 2.52. The average molecular weight is 302 g/mol. The summed E-state index contributed by atoms with van der Waals surface area (Å²) in [6.45, 7) is 4.36. The standard InChI is InChI=1S/C17H22N2O3/c1-3-4-7-16(20)18-14-9-8-13-6-5-10-19(15(13)11-14)17(21)12-22-2/h3,8-9,11H,1,4-7,10,12H2,2H3,(H,18,20). The van der Waals surface area contributed by atoms with Gasteiger partial charge in [-0.3, -0.25) is 9.59 Å². The number of carbonyl (C=O) groups is 2. The molecule has 0 saturated carbocycles. The second-order valence-corrected chi connectivity index (χ2v) is 5.30. The maximum Gasteiger partial charge on any atom is 0.252 e. The number of hydrogen-bond acceptors (Lipinski definition) is 3. The van der Waals surface area contributed by atoms with Gasteiger partial charge in [-0.05, 0) is 37.0 Å². The molecule has 118 valence electrons. The van der Waals surface area contributed by atoms with Crippen LogP contribution in [0.4, 0.5) is 11.4 Å². The molecular formula is C17H22N2O3. The van der Waals surface area contributed by atoms with Crippen molar-refractivity contribution in [2.75, 3.05) is 30.5 Å². The van der Waals surface area contributed by atoms with Gasteiger partial charge in [-0.2, -0.15) is 0 Å². The molecule has 22 heavy (non-hydrogen) atoms. The van der Waals surface area contributed by atoms with Gasteiger partial charge in [0.05, 0.1) is 0 Å². The molecule has 1 aromatic rings. The highest BCUT2D eigenvalue weighted by Crippen LogP contribution is 2.30. The molecule has 2 rings (SSSR count). The molecule has 2 amide bonds. The third-order valence-corrected chi connectivity index (χ3v) is 3.63. The number of ether oxygens (including phenoxy) is 1. The number of nitrogens with zero attached hydrogens (tertiary/aromatic N) is 1. The Bertz CT molecular complexity index is 569. The number of amides is 2. The van der Waals surface area contributed by atoms with E-state index in [4.69, 9.17) is 4.74 Å². The van der Waals surface area contributed by atoms with Crippen LogP contribution in [0.5, 0.6) is 0 Å². The van der Waals surface area contributed by atoms with Crippen molar-refractivity contribution in [1.82, 2.24) is 0 Å². The highest BCUT2D eigenvalue weighted by molar-refractivity contribution is 5.97. The first kappa shape index (κ1) is 16.2. The van der Waals surface area contributed by atoms with Crippen LogP contribution in [-0.4, -0.2) is 32.1 Å². The largest absolute Gasteiger partial charge is 0.375 e. The molecule has 0 aromatic heterocycles. The molecule has 1 aliphatic rings. The van der Waals surface area contributed by atoms with Crippen LogP contribution in [0.1, 0.15) is 24.8 Å². The van der Waals surface area contributed by atoms with Gasteiger partial charge >= 0.3 is 0 Å². The van der Waals surface area contributed by atoms with Gasteiger partial charge in [0.15, 0.2) is 0 Å². The summed E-state index contributed by atoms with van der Waals surface area (Å²) in [6.07, 6.45) is 4.66. The second-order valence-electron chi connectivity index (χ2n) is 5.30. The molecule has 0 aliphatic carbocycles. The fourth-order valence-corrected chi connectivity index (χ4v) is 2.57. The van der Waals surface area contributed by atoms with E-state index in [2.05, 4.69) is 11.9 Å². The Labute approximate surface area is 130 Å². The molecule has 5 nitrogen and oxygen atoms in total. The minimum absolute atomic E-state index is 0.0505. The van der Waals surface area contributed by atoms with Gasteiger partial charge in [-0.1, -0.05) is 12.1 Å². The second kappa shape index (κ2) is 7.75. The summed E-state index contributed by atoms with van der Waals surface area (Å²) in [6, 6.07) is 5.73. The highest BCUT2D eigenvalue weighted by atomic mass is 16.5. The number of rotatable bonds is 6. The van der Waals surface area contributed by atoms with Gasteiger partial charge in [0, 0.05) is 31.5 Å². The van der Waals surface area contributed by atoms with Gasteiger partial charge in [0.25, 0.3) is 5.91 Å². The Kier molecular flexibility index (Phi) is 5.72. The topological polar surface area (TPSA) is 58.6 Å². The third-order valence-electron chi connectivity index (χ3n) is 3.63. The van der Waals surface area contributed by atoms with Crippen molar-refractivity contribution in [3.63, 3.8) is 0 Å². The van der Waals surface area contributed by atoms with Gasteiger partial charge in [0.1, 0.15) is 6.61 Å². The molecule has 0 fully saturated rings. The normalized spacial score (nSPS) is 13.4. The number of carbonyl (C=O) groups excluding carboxylic acids is 2. The lowest BCUT2D eigenvalue weighted by atomic mass is 10.0. The zero-order chi connectivity index (χ0) is 15.9. The Morgan fingerprint density at radius 1 is 1.45 bits per heavy atom. The number of allylic oxidation sites excluding steroid dienone is 1. The first-order valence-electron chi connectivity index (χ1n) is 7.48. The SMILES string of the molecule is C=CCCC(=O)Nc1ccc2c(c1)N(C(=O)COC)CCC2. The number of aryl methyl sites for hydroxylation is 1. The lowest BCUT2D eigenvalue weighted by Crippen LogP contribution is -2.37. The van der Waals surface area contributed by atoms with Crippen molar-refractivity contribution in [1.29, 1.82) is 0 Å². The van der Waals surface area contributed by atoms with Crippen molar-refractivity contribution >= 4 is 23.2 Å². The van der Waals surface area contributed by atoms with E-state index in [1.807, 2.05) is 18.2 Å². The molecular weight excluding hydrogens is 280 g/mol. The van der Waals surface area contributed by atoms with Crippen molar-refractivity contribution < 1.29 is 14.3 Å². The van der Waals surface area contributed by atoms with Crippen LogP contribution in [0.15, 0.2) is 30.9 Å². The predicted molar refractivity (Wildman–Crippen MR) is 87.1 cm³/mol. The van der Waals surface area contributed by atoms with Crippen LogP contribution in [0.25, 0.3) is 0 Å². The lowest BCUT2D eigenvalue weighted by molar-refractivity contribution is -0.122. The summed E-state index contributed by atoms with van der Waals surface area (Å²) >= 11 is 0. The van der Waals surface area contributed by atoms with E-state index in [9.17, 15) is 9.59 Å². The van der Waals surface area contributed by atoms with Crippen molar-refractivity contribution in [2.45, 2.75) is 25.7 Å². The number of fused-ring (bicyclic) bond motifs is 1. The Balaban J connectivity index is 2.16. The molecule has 0 spiro atoms. The lowest BCUT2D eigenvalue weighted by Gasteiger charge is -2.29. The number of benzene rings is 1. The zero-order valence-corrected chi connectivity index (χ0v) is 12.9. The van der Waals surface area contributed by atoms with Crippen molar-refractivity contribution in [3.05, 3.63) is 36.4 Å². The molecule has 1 N–H and O–H groups in total. The van der Waals surface area contributed by atoms with Gasteiger partial charge < -0.3 is 15.0 Å².